The summed E-state index contributed by atoms with van der Waals surface area (Å²) in [4.78, 5) is 27.4. The number of anilines is 1. The highest BCUT2D eigenvalue weighted by Crippen LogP contribution is 2.25. The molecule has 0 aliphatic carbocycles. The number of carboxylic acid groups (broad SMARTS) is 1. The molecular formula is C19H22N2O4. The minimum atomic E-state index is -1.22. The predicted octanol–water partition coefficient (Wildman–Crippen LogP) is 4.36. The summed E-state index contributed by atoms with van der Waals surface area (Å²) >= 11 is 0. The molecule has 1 heterocycles. The van der Waals surface area contributed by atoms with Crippen molar-refractivity contribution < 1.29 is 19.4 Å². The highest BCUT2D eigenvalue weighted by atomic mass is 16.6. The summed E-state index contributed by atoms with van der Waals surface area (Å²) in [6.07, 6.45) is 1.65. The van der Waals surface area contributed by atoms with Gasteiger partial charge in [-0.05, 0) is 44.4 Å². The van der Waals surface area contributed by atoms with Crippen molar-refractivity contribution in [3.63, 3.8) is 0 Å². The average molecular weight is 342 g/mol. The SMILES string of the molecule is CCc1cccc(-c2cnc(C(=O)O)c(NC(=O)OC(C)(C)C)c2)c1. The number of carboxylic acids is 1. The van der Waals surface area contributed by atoms with E-state index in [1.54, 1.807) is 26.8 Å². The maximum Gasteiger partial charge on any atom is 0.412 e. The Hall–Kier alpha value is -2.89. The average Bonchev–Trinajstić information content (AvgIpc) is 2.52. The monoisotopic (exact) mass is 342 g/mol. The van der Waals surface area contributed by atoms with E-state index in [4.69, 9.17) is 4.74 Å². The van der Waals surface area contributed by atoms with E-state index in [9.17, 15) is 14.7 Å². The quantitative estimate of drug-likeness (QED) is 0.862. The van der Waals surface area contributed by atoms with Crippen molar-refractivity contribution in [2.24, 2.45) is 0 Å². The minimum Gasteiger partial charge on any atom is -0.476 e. The number of ether oxygens (including phenoxy) is 1. The molecule has 0 atom stereocenters. The van der Waals surface area contributed by atoms with Crippen molar-refractivity contribution in [1.29, 1.82) is 0 Å². The second-order valence-electron chi connectivity index (χ2n) is 6.61. The zero-order valence-corrected chi connectivity index (χ0v) is 14.8. The molecule has 6 nitrogen and oxygen atoms in total. The van der Waals surface area contributed by atoms with Crippen LogP contribution in [0.4, 0.5) is 10.5 Å². The van der Waals surface area contributed by atoms with Crippen molar-refractivity contribution in [3.05, 3.63) is 47.8 Å². The van der Waals surface area contributed by atoms with Gasteiger partial charge >= 0.3 is 12.1 Å². The van der Waals surface area contributed by atoms with Crippen LogP contribution in [0.15, 0.2) is 36.5 Å². The van der Waals surface area contributed by atoms with Gasteiger partial charge in [0.2, 0.25) is 0 Å². The number of carbonyl (C=O) groups excluding carboxylic acids is 1. The molecule has 25 heavy (non-hydrogen) atoms. The summed E-state index contributed by atoms with van der Waals surface area (Å²) in [5.74, 6) is -1.22. The fourth-order valence-corrected chi connectivity index (χ4v) is 2.27. The maximum absolute atomic E-state index is 12.0. The summed E-state index contributed by atoms with van der Waals surface area (Å²) in [5.41, 5.74) is 1.94. The van der Waals surface area contributed by atoms with E-state index in [2.05, 4.69) is 17.2 Å². The van der Waals surface area contributed by atoms with Crippen LogP contribution < -0.4 is 5.32 Å². The number of nitrogens with zero attached hydrogens (tertiary/aromatic N) is 1. The molecule has 0 radical (unpaired) electrons. The summed E-state index contributed by atoms with van der Waals surface area (Å²) in [7, 11) is 0. The molecule has 0 aliphatic heterocycles. The lowest BCUT2D eigenvalue weighted by molar-refractivity contribution is 0.0636. The molecular weight excluding hydrogens is 320 g/mol. The summed E-state index contributed by atoms with van der Waals surface area (Å²) in [6, 6.07) is 9.46. The van der Waals surface area contributed by atoms with Gasteiger partial charge in [-0.2, -0.15) is 0 Å². The van der Waals surface area contributed by atoms with Crippen LogP contribution in [0, 0.1) is 0 Å². The Kier molecular flexibility index (Phi) is 5.41. The summed E-state index contributed by atoms with van der Waals surface area (Å²) < 4.78 is 5.19. The number of carbonyl (C=O) groups is 2. The molecule has 0 aliphatic rings. The molecule has 0 fully saturated rings. The van der Waals surface area contributed by atoms with Crippen LogP contribution in [0.1, 0.15) is 43.7 Å². The number of benzene rings is 1. The lowest BCUT2D eigenvalue weighted by Gasteiger charge is -2.20. The van der Waals surface area contributed by atoms with Gasteiger partial charge in [0.05, 0.1) is 5.69 Å². The van der Waals surface area contributed by atoms with Crippen LogP contribution in [0.3, 0.4) is 0 Å². The van der Waals surface area contributed by atoms with Crippen molar-refractivity contribution in [2.45, 2.75) is 39.7 Å². The molecule has 2 N–H and O–H groups in total. The van der Waals surface area contributed by atoms with E-state index in [1.165, 1.54) is 6.20 Å². The number of rotatable bonds is 4. The number of nitrogens with one attached hydrogen (secondary N) is 1. The van der Waals surface area contributed by atoms with Crippen molar-refractivity contribution in [3.8, 4) is 11.1 Å². The molecule has 0 unspecified atom stereocenters. The Bertz CT molecular complexity index is 794. The topological polar surface area (TPSA) is 88.5 Å². The van der Waals surface area contributed by atoms with Gasteiger partial charge < -0.3 is 9.84 Å². The van der Waals surface area contributed by atoms with E-state index < -0.39 is 17.7 Å². The fourth-order valence-electron chi connectivity index (χ4n) is 2.27. The van der Waals surface area contributed by atoms with Crippen molar-refractivity contribution >= 4 is 17.7 Å². The van der Waals surface area contributed by atoms with Crippen LogP contribution in [-0.4, -0.2) is 27.8 Å². The van der Waals surface area contributed by atoms with Crippen molar-refractivity contribution in [2.75, 3.05) is 5.32 Å². The van der Waals surface area contributed by atoms with Crippen molar-refractivity contribution in [1.82, 2.24) is 4.98 Å². The molecule has 1 aromatic heterocycles. The maximum atomic E-state index is 12.0. The van der Waals surface area contributed by atoms with Gasteiger partial charge in [-0.25, -0.2) is 14.6 Å². The molecule has 6 heteroatoms. The third kappa shape index (κ3) is 5.04. The van der Waals surface area contributed by atoms with E-state index in [-0.39, 0.29) is 11.4 Å². The fraction of sp³-hybridized carbons (Fsp3) is 0.316. The molecule has 1 amide bonds. The molecule has 132 valence electrons. The van der Waals surface area contributed by atoms with Gasteiger partial charge in [-0.15, -0.1) is 0 Å². The molecule has 0 bridgehead atoms. The van der Waals surface area contributed by atoms with Gasteiger partial charge in [-0.3, -0.25) is 5.32 Å². The summed E-state index contributed by atoms with van der Waals surface area (Å²) in [5, 5.41) is 11.8. The normalized spacial score (nSPS) is 11.0. The predicted molar refractivity (Wildman–Crippen MR) is 95.9 cm³/mol. The second-order valence-corrected chi connectivity index (χ2v) is 6.61. The van der Waals surface area contributed by atoms with Crippen LogP contribution in [0.2, 0.25) is 0 Å². The number of hydrogen-bond donors (Lipinski definition) is 2. The van der Waals surface area contributed by atoms with Gasteiger partial charge in [-0.1, -0.05) is 31.2 Å². The number of aromatic carboxylic acids is 1. The van der Waals surface area contributed by atoms with Gasteiger partial charge in [0.25, 0.3) is 0 Å². The van der Waals surface area contributed by atoms with Crippen LogP contribution in [0.25, 0.3) is 11.1 Å². The Morgan fingerprint density at radius 3 is 2.52 bits per heavy atom. The molecule has 0 spiro atoms. The number of pyridine rings is 1. The first-order chi connectivity index (χ1) is 11.7. The smallest absolute Gasteiger partial charge is 0.412 e. The first kappa shape index (κ1) is 18.4. The number of amides is 1. The van der Waals surface area contributed by atoms with Gasteiger partial charge in [0, 0.05) is 11.8 Å². The summed E-state index contributed by atoms with van der Waals surface area (Å²) in [6.45, 7) is 7.25. The lowest BCUT2D eigenvalue weighted by Crippen LogP contribution is -2.28. The number of aryl methyl sites for hydroxylation is 1. The second kappa shape index (κ2) is 7.34. The minimum absolute atomic E-state index is 0.0983. The Morgan fingerprint density at radius 1 is 1.20 bits per heavy atom. The van der Waals surface area contributed by atoms with E-state index >= 15 is 0 Å². The van der Waals surface area contributed by atoms with Crippen LogP contribution >= 0.6 is 0 Å². The number of aromatic nitrogens is 1. The lowest BCUT2D eigenvalue weighted by atomic mass is 10.0. The van der Waals surface area contributed by atoms with E-state index in [1.807, 2.05) is 24.3 Å². The zero-order valence-electron chi connectivity index (χ0n) is 14.8. The molecule has 0 saturated carbocycles. The number of hydrogen-bond acceptors (Lipinski definition) is 4. The van der Waals surface area contributed by atoms with Crippen LogP contribution in [-0.2, 0) is 11.2 Å². The molecule has 1 aromatic carbocycles. The van der Waals surface area contributed by atoms with Crippen LogP contribution in [0.5, 0.6) is 0 Å². The Morgan fingerprint density at radius 2 is 1.92 bits per heavy atom. The van der Waals surface area contributed by atoms with E-state index in [0.717, 1.165) is 17.5 Å². The van der Waals surface area contributed by atoms with Gasteiger partial charge in [0.1, 0.15) is 5.60 Å². The highest BCUT2D eigenvalue weighted by molar-refractivity contribution is 5.98. The Balaban J connectivity index is 2.39. The standard InChI is InChI=1S/C19H22N2O4/c1-5-12-7-6-8-13(9-12)14-10-15(16(17(22)23)20-11-14)21-18(24)25-19(2,3)4/h6-11H,5H2,1-4H3,(H,21,24)(H,22,23). The first-order valence-corrected chi connectivity index (χ1v) is 8.02. The zero-order chi connectivity index (χ0) is 18.6. The molecule has 2 aromatic rings. The third-order valence-electron chi connectivity index (χ3n) is 3.39. The Labute approximate surface area is 146 Å². The molecule has 2 rings (SSSR count). The molecule has 0 saturated heterocycles. The van der Waals surface area contributed by atoms with Gasteiger partial charge in [0.15, 0.2) is 5.69 Å². The highest BCUT2D eigenvalue weighted by Gasteiger charge is 2.20. The first-order valence-electron chi connectivity index (χ1n) is 8.02. The van der Waals surface area contributed by atoms with E-state index in [0.29, 0.717) is 5.56 Å². The largest absolute Gasteiger partial charge is 0.476 e. The third-order valence-corrected chi connectivity index (χ3v) is 3.39.